The second-order valence-electron chi connectivity index (χ2n) is 6.63. The normalized spacial score (nSPS) is 20.8. The minimum absolute atomic E-state index is 0.0207. The maximum Gasteiger partial charge on any atom is 0.192 e. The molecule has 2 fully saturated rings. The van der Waals surface area contributed by atoms with Crippen molar-refractivity contribution >= 4 is 39.7 Å². The average molecular weight is 463 g/mol. The molecule has 6 heteroatoms. The van der Waals surface area contributed by atoms with E-state index in [1.54, 1.807) is 12.1 Å². The third-order valence-corrected chi connectivity index (χ3v) is 7.26. The number of ether oxygens (including phenoxy) is 1. The van der Waals surface area contributed by atoms with Crippen molar-refractivity contribution in [1.29, 1.82) is 0 Å². The van der Waals surface area contributed by atoms with Crippen LogP contribution in [0.15, 0.2) is 22.6 Å². The van der Waals surface area contributed by atoms with Crippen molar-refractivity contribution < 1.29 is 13.7 Å². The molecule has 0 aromatic heterocycles. The Bertz CT molecular complexity index is 605. The standard InChI is InChI=1S/C18H23FINO2S/c1-2-3-17(20)24(22)21-18(13-6-7-13)14-8-9-15(19)16(10-14)23-11-12-4-5-12/h8-10,12-13,17H,2-7,11H2,1H3. The fourth-order valence-electron chi connectivity index (χ4n) is 2.47. The highest BCUT2D eigenvalue weighted by Crippen LogP contribution is 2.36. The Kier molecular flexibility index (Phi) is 6.43. The molecule has 3 rings (SSSR count). The van der Waals surface area contributed by atoms with E-state index >= 15 is 0 Å². The van der Waals surface area contributed by atoms with Crippen LogP contribution in [0, 0.1) is 17.7 Å². The van der Waals surface area contributed by atoms with E-state index in [0.717, 1.165) is 37.0 Å². The van der Waals surface area contributed by atoms with Crippen molar-refractivity contribution in [2.24, 2.45) is 16.2 Å². The van der Waals surface area contributed by atoms with Gasteiger partial charge in [0.05, 0.1) is 6.61 Å². The van der Waals surface area contributed by atoms with Crippen LogP contribution in [0.4, 0.5) is 4.39 Å². The molecule has 2 saturated carbocycles. The van der Waals surface area contributed by atoms with Crippen LogP contribution in [-0.2, 0) is 11.4 Å². The minimum Gasteiger partial charge on any atom is -0.590 e. The Hall–Kier alpha value is -0.340. The predicted octanol–water partition coefficient (Wildman–Crippen LogP) is 5.04. The Balaban J connectivity index is 1.78. The zero-order valence-electron chi connectivity index (χ0n) is 13.8. The fourth-order valence-corrected chi connectivity index (χ4v) is 4.43. The number of nitrogens with zero attached hydrogens (tertiary/aromatic N) is 1. The van der Waals surface area contributed by atoms with Gasteiger partial charge in [-0.25, -0.2) is 4.39 Å². The van der Waals surface area contributed by atoms with Crippen molar-refractivity contribution in [3.05, 3.63) is 29.6 Å². The van der Waals surface area contributed by atoms with Crippen LogP contribution in [0.1, 0.15) is 51.0 Å². The summed E-state index contributed by atoms with van der Waals surface area (Å²) in [4.78, 5) is 0. The third-order valence-electron chi connectivity index (χ3n) is 4.29. The second-order valence-corrected chi connectivity index (χ2v) is 10.3. The maximum absolute atomic E-state index is 14.0. The summed E-state index contributed by atoms with van der Waals surface area (Å²) in [6, 6.07) is 4.90. The van der Waals surface area contributed by atoms with Crippen LogP contribution in [0.2, 0.25) is 0 Å². The molecule has 0 aliphatic heterocycles. The molecule has 0 amide bonds. The van der Waals surface area contributed by atoms with Gasteiger partial charge >= 0.3 is 0 Å². The average Bonchev–Trinajstić information content (AvgIpc) is 3.46. The van der Waals surface area contributed by atoms with E-state index in [9.17, 15) is 8.94 Å². The van der Waals surface area contributed by atoms with Gasteiger partial charge in [0.15, 0.2) is 14.8 Å². The lowest BCUT2D eigenvalue weighted by atomic mass is 10.1. The van der Waals surface area contributed by atoms with Gasteiger partial charge in [-0.3, -0.25) is 0 Å². The van der Waals surface area contributed by atoms with Crippen molar-refractivity contribution in [3.8, 4) is 5.75 Å². The zero-order chi connectivity index (χ0) is 17.1. The lowest BCUT2D eigenvalue weighted by Gasteiger charge is -2.13. The lowest BCUT2D eigenvalue weighted by molar-refractivity contribution is 0.285. The first-order valence-corrected chi connectivity index (χ1v) is 11.1. The third kappa shape index (κ3) is 5.08. The Morgan fingerprint density at radius 1 is 1.42 bits per heavy atom. The SMILES string of the molecule is CCCC(I)[S+]([O-])N=C(c1ccc(F)c(OCC2CC2)c1)C1CC1. The molecule has 1 aromatic rings. The van der Waals surface area contributed by atoms with Crippen molar-refractivity contribution in [3.63, 3.8) is 0 Å². The maximum atomic E-state index is 14.0. The van der Waals surface area contributed by atoms with Crippen LogP contribution >= 0.6 is 22.6 Å². The number of rotatable bonds is 9. The van der Waals surface area contributed by atoms with E-state index in [1.807, 2.05) is 0 Å². The molecule has 0 heterocycles. The summed E-state index contributed by atoms with van der Waals surface area (Å²) in [5.74, 6) is 0.874. The monoisotopic (exact) mass is 463 g/mol. The number of alkyl halides is 1. The molecule has 3 nitrogen and oxygen atoms in total. The molecule has 2 unspecified atom stereocenters. The summed E-state index contributed by atoms with van der Waals surface area (Å²) in [7, 11) is 0. The van der Waals surface area contributed by atoms with Crippen LogP contribution in [0.5, 0.6) is 5.75 Å². The molecular formula is C18H23FINO2S. The molecule has 0 N–H and O–H groups in total. The van der Waals surface area contributed by atoms with E-state index in [1.165, 1.54) is 18.9 Å². The second kappa shape index (κ2) is 8.36. The summed E-state index contributed by atoms with van der Waals surface area (Å²) in [5.41, 5.74) is 1.69. The summed E-state index contributed by atoms with van der Waals surface area (Å²) in [6.45, 7) is 2.66. The number of hydrogen-bond acceptors (Lipinski definition) is 3. The van der Waals surface area contributed by atoms with E-state index in [0.29, 0.717) is 18.4 Å². The molecule has 0 saturated heterocycles. The molecule has 1 aromatic carbocycles. The molecule has 0 bridgehead atoms. The number of halogens is 2. The van der Waals surface area contributed by atoms with Gasteiger partial charge in [0.1, 0.15) is 17.1 Å². The largest absolute Gasteiger partial charge is 0.590 e. The molecule has 24 heavy (non-hydrogen) atoms. The minimum atomic E-state index is -1.25. The van der Waals surface area contributed by atoms with Crippen LogP contribution in [-0.4, -0.2) is 20.1 Å². The van der Waals surface area contributed by atoms with Crippen molar-refractivity contribution in [1.82, 2.24) is 0 Å². The van der Waals surface area contributed by atoms with Crippen molar-refractivity contribution in [2.75, 3.05) is 6.61 Å². The van der Waals surface area contributed by atoms with Gasteiger partial charge in [-0.1, -0.05) is 17.7 Å². The van der Waals surface area contributed by atoms with Gasteiger partial charge in [-0.05, 0) is 72.4 Å². The van der Waals surface area contributed by atoms with Gasteiger partial charge in [-0.15, -0.1) is 0 Å². The van der Waals surface area contributed by atoms with E-state index in [2.05, 4.69) is 33.9 Å². The van der Waals surface area contributed by atoms with Crippen LogP contribution < -0.4 is 4.74 Å². The first-order valence-electron chi connectivity index (χ1n) is 8.64. The van der Waals surface area contributed by atoms with Gasteiger partial charge < -0.3 is 9.29 Å². The first-order chi connectivity index (χ1) is 11.6. The molecule has 132 valence electrons. The molecule has 0 spiro atoms. The fraction of sp³-hybridized carbons (Fsp3) is 0.611. The molecule has 2 aliphatic rings. The zero-order valence-corrected chi connectivity index (χ0v) is 16.8. The smallest absolute Gasteiger partial charge is 0.192 e. The summed E-state index contributed by atoms with van der Waals surface area (Å²) >= 11 is 0.963. The van der Waals surface area contributed by atoms with E-state index < -0.39 is 11.4 Å². The van der Waals surface area contributed by atoms with Gasteiger partial charge in [0.25, 0.3) is 0 Å². The first kappa shape index (κ1) is 18.5. The number of benzene rings is 1. The van der Waals surface area contributed by atoms with Crippen LogP contribution in [0.25, 0.3) is 0 Å². The predicted molar refractivity (Wildman–Crippen MR) is 105 cm³/mol. The van der Waals surface area contributed by atoms with E-state index in [-0.39, 0.29) is 14.8 Å². The highest BCUT2D eigenvalue weighted by atomic mass is 127. The highest BCUT2D eigenvalue weighted by molar-refractivity contribution is 14.1. The highest BCUT2D eigenvalue weighted by Gasteiger charge is 2.33. The lowest BCUT2D eigenvalue weighted by Crippen LogP contribution is -2.16. The summed E-state index contributed by atoms with van der Waals surface area (Å²) in [5, 5.41) is 0. The molecule has 2 aliphatic carbocycles. The Morgan fingerprint density at radius 2 is 2.17 bits per heavy atom. The summed E-state index contributed by atoms with van der Waals surface area (Å²) < 4.78 is 36.6. The van der Waals surface area contributed by atoms with Gasteiger partial charge in [-0.2, -0.15) is 0 Å². The quantitative estimate of drug-likeness (QED) is 0.223. The number of hydrogen-bond donors (Lipinski definition) is 0. The summed E-state index contributed by atoms with van der Waals surface area (Å²) in [6.07, 6.45) is 6.33. The molecule has 0 radical (unpaired) electrons. The topological polar surface area (TPSA) is 44.7 Å². The van der Waals surface area contributed by atoms with Crippen LogP contribution in [0.3, 0.4) is 0 Å². The van der Waals surface area contributed by atoms with Gasteiger partial charge in [0.2, 0.25) is 0 Å². The molecular weight excluding hydrogens is 440 g/mol. The van der Waals surface area contributed by atoms with Gasteiger partial charge in [0, 0.05) is 17.9 Å². The van der Waals surface area contributed by atoms with Crippen molar-refractivity contribution in [2.45, 2.75) is 48.7 Å². The Labute approximate surface area is 159 Å². The molecule has 2 atom stereocenters. The van der Waals surface area contributed by atoms with E-state index in [4.69, 9.17) is 4.74 Å². The Morgan fingerprint density at radius 3 is 2.79 bits per heavy atom.